The van der Waals surface area contributed by atoms with Crippen LogP contribution in [0.5, 0.6) is 0 Å². The predicted molar refractivity (Wildman–Crippen MR) is 91.5 cm³/mol. The van der Waals surface area contributed by atoms with Crippen LogP contribution in [0.15, 0.2) is 0 Å². The van der Waals surface area contributed by atoms with Gasteiger partial charge in [0.25, 0.3) is 0 Å². The molecule has 7 heteroatoms. The van der Waals surface area contributed by atoms with E-state index < -0.39 is 41.0 Å². The molecule has 1 aliphatic heterocycles. The number of carbonyl (C=O) groups is 3. The van der Waals surface area contributed by atoms with Crippen molar-refractivity contribution in [2.24, 2.45) is 11.3 Å². The highest BCUT2D eigenvalue weighted by atomic mass is 16.6. The topological polar surface area (TPSA) is 93.1 Å². The number of carbonyl (C=O) groups excluding carboxylic acids is 3. The lowest BCUT2D eigenvalue weighted by atomic mass is 9.77. The number of ether oxygens (including phenoxy) is 2. The third kappa shape index (κ3) is 5.99. The Kier molecular flexibility index (Phi) is 6.61. The lowest BCUT2D eigenvalue weighted by molar-refractivity contribution is -0.162. The van der Waals surface area contributed by atoms with Crippen molar-refractivity contribution in [3.05, 3.63) is 0 Å². The molecule has 1 N–H and O–H groups in total. The van der Waals surface area contributed by atoms with E-state index in [-0.39, 0.29) is 25.3 Å². The molecule has 1 saturated heterocycles. The van der Waals surface area contributed by atoms with Crippen molar-refractivity contribution in [1.82, 2.24) is 4.90 Å². The normalized spacial score (nSPS) is 22.5. The fraction of sp³-hybridized carbons (Fsp3) is 0.833. The molecular formula is C18H31NO6. The minimum absolute atomic E-state index is 0.0551. The van der Waals surface area contributed by atoms with Crippen LogP contribution in [-0.2, 0) is 23.9 Å². The molecule has 25 heavy (non-hydrogen) atoms. The Bertz CT molecular complexity index is 517. The van der Waals surface area contributed by atoms with Crippen LogP contribution >= 0.6 is 0 Å². The average Bonchev–Trinajstić information content (AvgIpc) is 2.82. The van der Waals surface area contributed by atoms with Crippen LogP contribution in [0, 0.1) is 11.3 Å². The molecule has 0 unspecified atom stereocenters. The number of hydrogen-bond donors (Lipinski definition) is 1. The quantitative estimate of drug-likeness (QED) is 0.767. The van der Waals surface area contributed by atoms with Crippen LogP contribution in [0.1, 0.15) is 54.4 Å². The second-order valence-electron chi connectivity index (χ2n) is 8.63. The minimum atomic E-state index is -0.823. The van der Waals surface area contributed by atoms with Crippen molar-refractivity contribution in [2.75, 3.05) is 13.7 Å². The number of hydrogen-bond acceptors (Lipinski definition) is 6. The molecule has 144 valence electrons. The molecular weight excluding hydrogens is 326 g/mol. The van der Waals surface area contributed by atoms with Crippen LogP contribution in [0.2, 0.25) is 0 Å². The number of β-amino-alcohol motifs (C(OH)–C–C–N with tert-alkyl or cyclic N) is 1. The van der Waals surface area contributed by atoms with E-state index in [0.717, 1.165) is 0 Å². The summed E-state index contributed by atoms with van der Waals surface area (Å²) in [6.45, 7) is 10.9. The van der Waals surface area contributed by atoms with Gasteiger partial charge < -0.3 is 19.5 Å². The highest BCUT2D eigenvalue weighted by Gasteiger charge is 2.45. The number of aliphatic hydroxyl groups is 1. The first-order valence-corrected chi connectivity index (χ1v) is 8.54. The Morgan fingerprint density at radius 2 is 1.72 bits per heavy atom. The van der Waals surface area contributed by atoms with Gasteiger partial charge in [-0.3, -0.25) is 9.59 Å². The maximum Gasteiger partial charge on any atom is 0.328 e. The fourth-order valence-electron chi connectivity index (χ4n) is 2.93. The van der Waals surface area contributed by atoms with Crippen LogP contribution in [0.4, 0.5) is 0 Å². The zero-order valence-corrected chi connectivity index (χ0v) is 16.3. The van der Waals surface area contributed by atoms with Gasteiger partial charge in [0, 0.05) is 13.0 Å². The predicted octanol–water partition coefficient (Wildman–Crippen LogP) is 1.52. The molecule has 1 amide bonds. The lowest BCUT2D eigenvalue weighted by Gasteiger charge is -2.34. The highest BCUT2D eigenvalue weighted by Crippen LogP contribution is 2.34. The van der Waals surface area contributed by atoms with Crippen LogP contribution in [-0.4, -0.2) is 59.3 Å². The monoisotopic (exact) mass is 357 g/mol. The molecule has 0 radical (unpaired) electrons. The Morgan fingerprint density at radius 3 is 2.16 bits per heavy atom. The standard InChI is InChI=1S/C18H31NO6/c1-17(2,3)12(9-14(21)25-18(4,5)6)15(22)19-10-11(20)8-13(19)16(23)24-7/h11-13,20H,8-10H2,1-7H3/t11-,12-,13+/m1/s1. The van der Waals surface area contributed by atoms with Gasteiger partial charge in [-0.05, 0) is 26.2 Å². The summed E-state index contributed by atoms with van der Waals surface area (Å²) in [5, 5.41) is 9.89. The summed E-state index contributed by atoms with van der Waals surface area (Å²) in [5.74, 6) is -2.03. The van der Waals surface area contributed by atoms with Crippen molar-refractivity contribution in [3.8, 4) is 0 Å². The maximum atomic E-state index is 13.1. The average molecular weight is 357 g/mol. The number of aliphatic hydroxyl groups excluding tert-OH is 1. The van der Waals surface area contributed by atoms with Crippen molar-refractivity contribution in [2.45, 2.75) is 72.1 Å². The number of rotatable bonds is 4. The second-order valence-corrected chi connectivity index (χ2v) is 8.63. The Hall–Kier alpha value is -1.63. The van der Waals surface area contributed by atoms with E-state index in [0.29, 0.717) is 0 Å². The smallest absolute Gasteiger partial charge is 0.328 e. The van der Waals surface area contributed by atoms with Gasteiger partial charge in [0.2, 0.25) is 5.91 Å². The van der Waals surface area contributed by atoms with E-state index in [1.165, 1.54) is 12.0 Å². The van der Waals surface area contributed by atoms with Gasteiger partial charge in [-0.15, -0.1) is 0 Å². The lowest BCUT2D eigenvalue weighted by Crippen LogP contribution is -2.48. The summed E-state index contributed by atoms with van der Waals surface area (Å²) in [6, 6.07) is -0.823. The van der Waals surface area contributed by atoms with Gasteiger partial charge in [0.05, 0.1) is 25.6 Å². The molecule has 1 aliphatic rings. The van der Waals surface area contributed by atoms with E-state index in [1.807, 2.05) is 20.8 Å². The molecule has 3 atom stereocenters. The van der Waals surface area contributed by atoms with Crippen LogP contribution in [0.3, 0.4) is 0 Å². The highest BCUT2D eigenvalue weighted by molar-refractivity contribution is 5.89. The fourth-order valence-corrected chi connectivity index (χ4v) is 2.93. The molecule has 7 nitrogen and oxygen atoms in total. The molecule has 0 aromatic rings. The van der Waals surface area contributed by atoms with Crippen LogP contribution in [0.25, 0.3) is 0 Å². The summed E-state index contributed by atoms with van der Waals surface area (Å²) >= 11 is 0. The van der Waals surface area contributed by atoms with Crippen molar-refractivity contribution in [1.29, 1.82) is 0 Å². The van der Waals surface area contributed by atoms with Gasteiger partial charge in [-0.25, -0.2) is 4.79 Å². The Labute approximate surface area is 149 Å². The summed E-state index contributed by atoms with van der Waals surface area (Å²) < 4.78 is 10.1. The molecule has 0 aromatic heterocycles. The van der Waals surface area contributed by atoms with E-state index >= 15 is 0 Å². The summed E-state index contributed by atoms with van der Waals surface area (Å²) in [4.78, 5) is 38.6. The van der Waals surface area contributed by atoms with Gasteiger partial charge >= 0.3 is 11.9 Å². The van der Waals surface area contributed by atoms with Crippen molar-refractivity contribution in [3.63, 3.8) is 0 Å². The van der Waals surface area contributed by atoms with E-state index in [4.69, 9.17) is 9.47 Å². The van der Waals surface area contributed by atoms with Crippen molar-refractivity contribution >= 4 is 17.8 Å². The third-order valence-electron chi connectivity index (χ3n) is 4.17. The Morgan fingerprint density at radius 1 is 1.16 bits per heavy atom. The minimum Gasteiger partial charge on any atom is -0.467 e. The summed E-state index contributed by atoms with van der Waals surface area (Å²) in [6.07, 6.45) is -0.725. The van der Waals surface area contributed by atoms with Gasteiger partial charge in [0.1, 0.15) is 11.6 Å². The SMILES string of the molecule is COC(=O)[C@@H]1C[C@@H](O)CN1C(=O)[C@@H](CC(=O)OC(C)(C)C)C(C)(C)C. The summed E-state index contributed by atoms with van der Waals surface area (Å²) in [7, 11) is 1.25. The number of likely N-dealkylation sites (tertiary alicyclic amines) is 1. The summed E-state index contributed by atoms with van der Waals surface area (Å²) in [5.41, 5.74) is -1.15. The molecule has 0 saturated carbocycles. The molecule has 1 heterocycles. The van der Waals surface area contributed by atoms with Gasteiger partial charge in [0.15, 0.2) is 0 Å². The zero-order valence-electron chi connectivity index (χ0n) is 16.3. The van der Waals surface area contributed by atoms with E-state index in [2.05, 4.69) is 0 Å². The molecule has 0 aliphatic carbocycles. The zero-order chi connectivity index (χ0) is 19.6. The first kappa shape index (κ1) is 21.4. The van der Waals surface area contributed by atoms with E-state index in [1.54, 1.807) is 20.8 Å². The first-order valence-electron chi connectivity index (χ1n) is 8.54. The Balaban J connectivity index is 3.01. The third-order valence-corrected chi connectivity index (χ3v) is 4.17. The number of methoxy groups -OCH3 is 1. The first-order chi connectivity index (χ1) is 11.3. The maximum absolute atomic E-state index is 13.1. The van der Waals surface area contributed by atoms with Crippen molar-refractivity contribution < 1.29 is 29.0 Å². The van der Waals surface area contributed by atoms with Gasteiger partial charge in [-0.2, -0.15) is 0 Å². The molecule has 0 spiro atoms. The number of esters is 2. The molecule has 0 aromatic carbocycles. The number of nitrogens with zero attached hydrogens (tertiary/aromatic N) is 1. The largest absolute Gasteiger partial charge is 0.467 e. The van der Waals surface area contributed by atoms with Gasteiger partial charge in [-0.1, -0.05) is 20.8 Å². The molecule has 0 bridgehead atoms. The number of amides is 1. The second kappa shape index (κ2) is 7.72. The van der Waals surface area contributed by atoms with E-state index in [9.17, 15) is 19.5 Å². The van der Waals surface area contributed by atoms with Crippen LogP contribution < -0.4 is 0 Å². The molecule has 1 fully saturated rings. The molecule has 1 rings (SSSR count).